The molecule has 0 saturated heterocycles. The molecule has 5 heteroatoms. The van der Waals surface area contributed by atoms with Gasteiger partial charge in [0, 0.05) is 38.9 Å². The Labute approximate surface area is 102 Å². The summed E-state index contributed by atoms with van der Waals surface area (Å²) in [6.45, 7) is 5.27. The molecule has 5 nitrogen and oxygen atoms in total. The van der Waals surface area contributed by atoms with Gasteiger partial charge in [0.1, 0.15) is 0 Å². The molecule has 1 aromatic rings. The second-order valence-electron chi connectivity index (χ2n) is 4.29. The Balaban J connectivity index is 2.40. The lowest BCUT2D eigenvalue weighted by Gasteiger charge is -2.16. The number of aromatic nitrogens is 2. The zero-order valence-corrected chi connectivity index (χ0v) is 10.8. The fourth-order valence-corrected chi connectivity index (χ4v) is 1.73. The third kappa shape index (κ3) is 4.19. The quantitative estimate of drug-likeness (QED) is 0.796. The van der Waals surface area contributed by atoms with Gasteiger partial charge in [0.2, 0.25) is 5.91 Å². The van der Waals surface area contributed by atoms with Gasteiger partial charge >= 0.3 is 0 Å². The maximum atomic E-state index is 11.7. The molecule has 0 aliphatic heterocycles. The molecule has 0 radical (unpaired) electrons. The van der Waals surface area contributed by atoms with E-state index in [2.05, 4.69) is 5.10 Å². The molecule has 0 aromatic carbocycles. The lowest BCUT2D eigenvalue weighted by Crippen LogP contribution is -2.29. The van der Waals surface area contributed by atoms with Crippen molar-refractivity contribution in [1.82, 2.24) is 14.7 Å². The van der Waals surface area contributed by atoms with Gasteiger partial charge in [0.25, 0.3) is 0 Å². The first-order chi connectivity index (χ1) is 8.04. The van der Waals surface area contributed by atoms with Crippen LogP contribution >= 0.6 is 0 Å². The van der Waals surface area contributed by atoms with Crippen LogP contribution < -0.4 is 0 Å². The Morgan fingerprint density at radius 1 is 1.53 bits per heavy atom. The summed E-state index contributed by atoms with van der Waals surface area (Å²) >= 11 is 0. The van der Waals surface area contributed by atoms with Crippen molar-refractivity contribution in [3.63, 3.8) is 0 Å². The van der Waals surface area contributed by atoms with Gasteiger partial charge in [-0.05, 0) is 26.3 Å². The molecular weight excluding hydrogens is 218 g/mol. The van der Waals surface area contributed by atoms with E-state index in [0.717, 1.165) is 11.4 Å². The Morgan fingerprint density at radius 2 is 2.24 bits per heavy atom. The standard InChI is InChI=1S/C12H21N3O2/c1-10-9-11(2)15(13-10)7-5-12(17)14(3)6-4-8-16/h9,16H,4-8H2,1-3H3. The monoisotopic (exact) mass is 239 g/mol. The fourth-order valence-electron chi connectivity index (χ4n) is 1.73. The van der Waals surface area contributed by atoms with Crippen molar-refractivity contribution in [1.29, 1.82) is 0 Å². The second-order valence-corrected chi connectivity index (χ2v) is 4.29. The topological polar surface area (TPSA) is 58.4 Å². The maximum absolute atomic E-state index is 11.7. The molecule has 1 N–H and O–H groups in total. The van der Waals surface area contributed by atoms with Crippen LogP contribution in [0.4, 0.5) is 0 Å². The van der Waals surface area contributed by atoms with Crippen molar-refractivity contribution in [2.45, 2.75) is 33.2 Å². The van der Waals surface area contributed by atoms with E-state index < -0.39 is 0 Å². The van der Waals surface area contributed by atoms with Crippen LogP contribution in [-0.4, -0.2) is 45.9 Å². The van der Waals surface area contributed by atoms with Crippen molar-refractivity contribution >= 4 is 5.91 Å². The first kappa shape index (κ1) is 13.7. The minimum absolute atomic E-state index is 0.0889. The van der Waals surface area contributed by atoms with Crippen LogP contribution in [0, 0.1) is 13.8 Å². The Hall–Kier alpha value is -1.36. The SMILES string of the molecule is Cc1cc(C)n(CCC(=O)N(C)CCCO)n1. The van der Waals surface area contributed by atoms with Crippen LogP contribution in [0.5, 0.6) is 0 Å². The molecule has 0 aliphatic rings. The number of aryl methyl sites for hydroxylation is 3. The number of rotatable bonds is 6. The number of hydrogen-bond donors (Lipinski definition) is 1. The predicted molar refractivity (Wildman–Crippen MR) is 65.7 cm³/mol. The van der Waals surface area contributed by atoms with Crippen LogP contribution in [0.15, 0.2) is 6.07 Å². The lowest BCUT2D eigenvalue weighted by atomic mass is 10.3. The molecule has 1 amide bonds. The molecule has 0 bridgehead atoms. The number of aliphatic hydroxyl groups is 1. The van der Waals surface area contributed by atoms with Gasteiger partial charge in [0.15, 0.2) is 0 Å². The van der Waals surface area contributed by atoms with E-state index in [1.807, 2.05) is 24.6 Å². The number of amides is 1. The van der Waals surface area contributed by atoms with E-state index in [1.54, 1.807) is 11.9 Å². The molecule has 1 rings (SSSR count). The van der Waals surface area contributed by atoms with Gasteiger partial charge in [-0.15, -0.1) is 0 Å². The van der Waals surface area contributed by atoms with E-state index in [0.29, 0.717) is 25.9 Å². The molecule has 96 valence electrons. The third-order valence-corrected chi connectivity index (χ3v) is 2.72. The van der Waals surface area contributed by atoms with Gasteiger partial charge in [0.05, 0.1) is 5.69 Å². The van der Waals surface area contributed by atoms with Gasteiger partial charge in [-0.2, -0.15) is 5.10 Å². The van der Waals surface area contributed by atoms with E-state index in [-0.39, 0.29) is 12.5 Å². The summed E-state index contributed by atoms with van der Waals surface area (Å²) in [5, 5.41) is 13.0. The van der Waals surface area contributed by atoms with Crippen LogP contribution in [0.2, 0.25) is 0 Å². The minimum Gasteiger partial charge on any atom is -0.396 e. The van der Waals surface area contributed by atoms with Crippen LogP contribution in [0.3, 0.4) is 0 Å². The average Bonchev–Trinajstić information content (AvgIpc) is 2.61. The predicted octanol–water partition coefficient (Wildman–Crippen LogP) is 0.731. The Morgan fingerprint density at radius 3 is 2.76 bits per heavy atom. The summed E-state index contributed by atoms with van der Waals surface area (Å²) in [7, 11) is 1.76. The molecule has 0 saturated carbocycles. The summed E-state index contributed by atoms with van der Waals surface area (Å²) in [5.41, 5.74) is 2.05. The molecule has 0 atom stereocenters. The van der Waals surface area contributed by atoms with Gasteiger partial charge in [-0.1, -0.05) is 0 Å². The number of carbonyl (C=O) groups is 1. The Kier molecular flexibility index (Phi) is 5.15. The van der Waals surface area contributed by atoms with E-state index in [1.165, 1.54) is 0 Å². The molecule has 1 heterocycles. The highest BCUT2D eigenvalue weighted by molar-refractivity contribution is 5.75. The molecule has 0 spiro atoms. The van der Waals surface area contributed by atoms with E-state index in [4.69, 9.17) is 5.11 Å². The number of aliphatic hydroxyl groups excluding tert-OH is 1. The molecule has 0 fully saturated rings. The summed E-state index contributed by atoms with van der Waals surface area (Å²) in [4.78, 5) is 13.4. The molecular formula is C12H21N3O2. The summed E-state index contributed by atoms with van der Waals surface area (Å²) < 4.78 is 1.85. The van der Waals surface area contributed by atoms with Crippen molar-refractivity contribution in [3.8, 4) is 0 Å². The number of hydrogen-bond acceptors (Lipinski definition) is 3. The zero-order valence-electron chi connectivity index (χ0n) is 10.8. The smallest absolute Gasteiger partial charge is 0.224 e. The molecule has 17 heavy (non-hydrogen) atoms. The van der Waals surface area contributed by atoms with Crippen LogP contribution in [0.25, 0.3) is 0 Å². The zero-order chi connectivity index (χ0) is 12.8. The first-order valence-electron chi connectivity index (χ1n) is 5.90. The minimum atomic E-state index is 0.0889. The summed E-state index contributed by atoms with van der Waals surface area (Å²) in [6.07, 6.45) is 1.08. The van der Waals surface area contributed by atoms with Crippen molar-refractivity contribution < 1.29 is 9.90 Å². The van der Waals surface area contributed by atoms with Gasteiger partial charge in [-0.25, -0.2) is 0 Å². The van der Waals surface area contributed by atoms with Gasteiger partial charge in [-0.3, -0.25) is 9.48 Å². The Bertz CT molecular complexity index is 374. The first-order valence-corrected chi connectivity index (χ1v) is 5.90. The number of carbonyl (C=O) groups excluding carboxylic acids is 1. The van der Waals surface area contributed by atoms with Crippen molar-refractivity contribution in [2.75, 3.05) is 20.2 Å². The second kappa shape index (κ2) is 6.39. The highest BCUT2D eigenvalue weighted by atomic mass is 16.3. The normalized spacial score (nSPS) is 10.6. The van der Waals surface area contributed by atoms with E-state index >= 15 is 0 Å². The summed E-state index contributed by atoms with van der Waals surface area (Å²) in [6, 6.07) is 2.00. The van der Waals surface area contributed by atoms with Crippen LogP contribution in [-0.2, 0) is 11.3 Å². The molecule has 0 unspecified atom stereocenters. The van der Waals surface area contributed by atoms with E-state index in [9.17, 15) is 4.79 Å². The van der Waals surface area contributed by atoms with Crippen LogP contribution in [0.1, 0.15) is 24.2 Å². The van der Waals surface area contributed by atoms with Crippen molar-refractivity contribution in [3.05, 3.63) is 17.5 Å². The van der Waals surface area contributed by atoms with Gasteiger partial charge < -0.3 is 10.0 Å². The lowest BCUT2D eigenvalue weighted by molar-refractivity contribution is -0.130. The molecule has 1 aromatic heterocycles. The van der Waals surface area contributed by atoms with Crippen molar-refractivity contribution in [2.24, 2.45) is 0 Å². The number of nitrogens with zero attached hydrogens (tertiary/aromatic N) is 3. The highest BCUT2D eigenvalue weighted by Crippen LogP contribution is 2.03. The maximum Gasteiger partial charge on any atom is 0.224 e. The third-order valence-electron chi connectivity index (χ3n) is 2.72. The highest BCUT2D eigenvalue weighted by Gasteiger charge is 2.09. The fraction of sp³-hybridized carbons (Fsp3) is 0.667. The molecule has 0 aliphatic carbocycles. The average molecular weight is 239 g/mol. The summed E-state index contributed by atoms with van der Waals surface area (Å²) in [5.74, 6) is 0.0889. The largest absolute Gasteiger partial charge is 0.396 e.